The first kappa shape index (κ1) is 13.3. The third kappa shape index (κ3) is 4.02. The molecule has 0 amide bonds. The normalized spacial score (nSPS) is 13.8. The number of rotatable bonds is 5. The summed E-state index contributed by atoms with van der Waals surface area (Å²) in [5.74, 6) is 0.687. The second-order valence-electron chi connectivity index (χ2n) is 3.38. The first-order valence-electron chi connectivity index (χ1n) is 4.82. The van der Waals surface area contributed by atoms with Crippen LogP contribution in [0.4, 0.5) is 13.2 Å². The molecule has 1 heterocycles. The van der Waals surface area contributed by atoms with Crippen molar-refractivity contribution in [2.75, 3.05) is 14.2 Å². The van der Waals surface area contributed by atoms with Gasteiger partial charge in [-0.15, -0.1) is 11.3 Å². The molecule has 0 spiro atoms. The molecule has 0 aliphatic heterocycles. The van der Waals surface area contributed by atoms with Gasteiger partial charge in [0.1, 0.15) is 5.75 Å². The van der Waals surface area contributed by atoms with E-state index in [1.54, 1.807) is 18.5 Å². The predicted octanol–water partition coefficient (Wildman–Crippen LogP) is 3.36. The van der Waals surface area contributed by atoms with Crippen molar-refractivity contribution < 1.29 is 17.9 Å². The van der Waals surface area contributed by atoms with Crippen LogP contribution in [0.2, 0.25) is 0 Å². The van der Waals surface area contributed by atoms with Gasteiger partial charge in [-0.2, -0.15) is 13.2 Å². The fourth-order valence-corrected chi connectivity index (χ4v) is 2.36. The van der Waals surface area contributed by atoms with E-state index in [9.17, 15) is 13.2 Å². The van der Waals surface area contributed by atoms with Crippen LogP contribution in [0, 0.1) is 0 Å². The van der Waals surface area contributed by atoms with Crippen LogP contribution >= 0.6 is 11.3 Å². The number of halogens is 3. The summed E-state index contributed by atoms with van der Waals surface area (Å²) in [5.41, 5.74) is 0. The van der Waals surface area contributed by atoms with Crippen molar-refractivity contribution in [3.05, 3.63) is 16.3 Å². The van der Waals surface area contributed by atoms with Crippen LogP contribution < -0.4 is 10.1 Å². The summed E-state index contributed by atoms with van der Waals surface area (Å²) in [6.45, 7) is 0. The first-order valence-corrected chi connectivity index (χ1v) is 5.70. The molecule has 0 aromatic carbocycles. The van der Waals surface area contributed by atoms with Crippen molar-refractivity contribution in [1.29, 1.82) is 0 Å². The molecule has 1 aromatic rings. The smallest absolute Gasteiger partial charge is 0.389 e. The van der Waals surface area contributed by atoms with Crippen molar-refractivity contribution >= 4 is 11.3 Å². The van der Waals surface area contributed by atoms with Gasteiger partial charge in [0.2, 0.25) is 0 Å². The zero-order valence-electron chi connectivity index (χ0n) is 9.10. The average molecular weight is 253 g/mol. The number of hydrogen-bond donors (Lipinski definition) is 1. The van der Waals surface area contributed by atoms with E-state index in [4.69, 9.17) is 4.74 Å². The molecule has 0 saturated heterocycles. The molecule has 1 aromatic heterocycles. The van der Waals surface area contributed by atoms with Gasteiger partial charge in [0, 0.05) is 22.7 Å². The molecule has 0 saturated carbocycles. The van der Waals surface area contributed by atoms with Gasteiger partial charge in [0.15, 0.2) is 0 Å². The van der Waals surface area contributed by atoms with Crippen molar-refractivity contribution in [3.8, 4) is 5.75 Å². The number of alkyl halides is 3. The lowest BCUT2D eigenvalue weighted by Gasteiger charge is -2.15. The minimum Gasteiger partial charge on any atom is -0.496 e. The molecule has 0 radical (unpaired) electrons. The minimum absolute atomic E-state index is 0.0453. The zero-order valence-corrected chi connectivity index (χ0v) is 9.91. The number of thiophene rings is 1. The quantitative estimate of drug-likeness (QED) is 0.868. The first-order chi connectivity index (χ1) is 7.46. The fraction of sp³-hybridized carbons (Fsp3) is 0.600. The largest absolute Gasteiger partial charge is 0.496 e. The Morgan fingerprint density at radius 1 is 1.50 bits per heavy atom. The lowest BCUT2D eigenvalue weighted by Crippen LogP contribution is -2.18. The van der Waals surface area contributed by atoms with Crippen molar-refractivity contribution in [1.82, 2.24) is 5.32 Å². The minimum atomic E-state index is -4.10. The molecule has 1 atom stereocenters. The molecule has 1 N–H and O–H groups in total. The maximum atomic E-state index is 12.1. The van der Waals surface area contributed by atoms with Crippen molar-refractivity contribution in [3.63, 3.8) is 0 Å². The van der Waals surface area contributed by atoms with Gasteiger partial charge in [0.25, 0.3) is 0 Å². The third-order valence-corrected chi connectivity index (χ3v) is 3.26. The Bertz CT molecular complexity index is 324. The van der Waals surface area contributed by atoms with E-state index in [0.29, 0.717) is 5.75 Å². The summed E-state index contributed by atoms with van der Waals surface area (Å²) < 4.78 is 41.3. The number of methoxy groups -OCH3 is 1. The van der Waals surface area contributed by atoms with Gasteiger partial charge in [0.05, 0.1) is 7.11 Å². The SMILES string of the molecule is CNC(CCC(F)(F)F)c1cc(OC)cs1. The van der Waals surface area contributed by atoms with E-state index < -0.39 is 12.6 Å². The summed E-state index contributed by atoms with van der Waals surface area (Å²) in [5, 5.41) is 4.67. The summed E-state index contributed by atoms with van der Waals surface area (Å²) in [7, 11) is 3.20. The lowest BCUT2D eigenvalue weighted by atomic mass is 10.1. The zero-order chi connectivity index (χ0) is 12.2. The molecular formula is C10H14F3NOS. The number of ether oxygens (including phenoxy) is 1. The van der Waals surface area contributed by atoms with Crippen molar-refractivity contribution in [2.45, 2.75) is 25.1 Å². The molecule has 1 rings (SSSR count). The molecule has 1 unspecified atom stereocenters. The van der Waals surface area contributed by atoms with Crippen molar-refractivity contribution in [2.24, 2.45) is 0 Å². The highest BCUT2D eigenvalue weighted by Crippen LogP contribution is 2.32. The highest BCUT2D eigenvalue weighted by molar-refractivity contribution is 7.10. The van der Waals surface area contributed by atoms with Crippen LogP contribution in [0.1, 0.15) is 23.8 Å². The Morgan fingerprint density at radius 3 is 2.62 bits per heavy atom. The molecule has 6 heteroatoms. The van der Waals surface area contributed by atoms with E-state index in [2.05, 4.69) is 5.32 Å². The van der Waals surface area contributed by atoms with Crippen LogP contribution in [0.25, 0.3) is 0 Å². The highest BCUT2D eigenvalue weighted by Gasteiger charge is 2.28. The highest BCUT2D eigenvalue weighted by atomic mass is 32.1. The Morgan fingerprint density at radius 2 is 2.19 bits per heavy atom. The van der Waals surface area contributed by atoms with E-state index in [-0.39, 0.29) is 12.5 Å². The fourth-order valence-electron chi connectivity index (χ4n) is 1.36. The van der Waals surface area contributed by atoms with E-state index in [0.717, 1.165) is 4.88 Å². The maximum Gasteiger partial charge on any atom is 0.389 e. The summed E-state index contributed by atoms with van der Waals surface area (Å²) in [6, 6.07) is 1.50. The second kappa shape index (κ2) is 5.54. The standard InChI is InChI=1S/C10H14F3NOS/c1-14-8(3-4-10(11,12)13)9-5-7(15-2)6-16-9/h5-6,8,14H,3-4H2,1-2H3. The predicted molar refractivity (Wildman–Crippen MR) is 58.0 cm³/mol. The van der Waals surface area contributed by atoms with Crippen LogP contribution in [0.5, 0.6) is 5.75 Å². The molecule has 0 aliphatic rings. The van der Waals surface area contributed by atoms with Crippen LogP contribution in [-0.2, 0) is 0 Å². The van der Waals surface area contributed by atoms with E-state index >= 15 is 0 Å². The maximum absolute atomic E-state index is 12.1. The molecule has 2 nitrogen and oxygen atoms in total. The van der Waals surface area contributed by atoms with Crippen LogP contribution in [0.15, 0.2) is 11.4 Å². The van der Waals surface area contributed by atoms with Crippen LogP contribution in [0.3, 0.4) is 0 Å². The second-order valence-corrected chi connectivity index (χ2v) is 4.33. The topological polar surface area (TPSA) is 21.3 Å². The number of hydrogen-bond acceptors (Lipinski definition) is 3. The molecule has 16 heavy (non-hydrogen) atoms. The van der Waals surface area contributed by atoms with Gasteiger partial charge in [-0.05, 0) is 19.5 Å². The molecule has 92 valence electrons. The monoisotopic (exact) mass is 253 g/mol. The van der Waals surface area contributed by atoms with Gasteiger partial charge in [-0.3, -0.25) is 0 Å². The van der Waals surface area contributed by atoms with Gasteiger partial charge < -0.3 is 10.1 Å². The summed E-state index contributed by atoms with van der Waals surface area (Å²) >= 11 is 1.40. The molecule has 0 aliphatic carbocycles. The Labute approximate surface area is 96.4 Å². The lowest BCUT2D eigenvalue weighted by molar-refractivity contribution is -0.136. The Hall–Kier alpha value is -0.750. The Balaban J connectivity index is 2.60. The van der Waals surface area contributed by atoms with Gasteiger partial charge in [-0.1, -0.05) is 0 Å². The van der Waals surface area contributed by atoms with Crippen LogP contribution in [-0.4, -0.2) is 20.3 Å². The summed E-state index contributed by atoms with van der Waals surface area (Å²) in [4.78, 5) is 0.864. The number of nitrogens with one attached hydrogen (secondary N) is 1. The molecular weight excluding hydrogens is 239 g/mol. The van der Waals surface area contributed by atoms with Gasteiger partial charge in [-0.25, -0.2) is 0 Å². The molecule has 0 fully saturated rings. The molecule has 0 bridgehead atoms. The van der Waals surface area contributed by atoms with Gasteiger partial charge >= 0.3 is 6.18 Å². The third-order valence-electron chi connectivity index (χ3n) is 2.24. The summed E-state index contributed by atoms with van der Waals surface area (Å²) in [6.07, 6.45) is -4.83. The van der Waals surface area contributed by atoms with E-state index in [1.807, 2.05) is 0 Å². The Kier molecular flexibility index (Phi) is 4.61. The average Bonchev–Trinajstić information content (AvgIpc) is 2.65. The van der Waals surface area contributed by atoms with E-state index in [1.165, 1.54) is 18.4 Å².